The maximum atomic E-state index is 6.22. The minimum Gasteiger partial charge on any atom is -0.496 e. The van der Waals surface area contributed by atoms with Gasteiger partial charge in [0.25, 0.3) is 0 Å². The molecule has 0 atom stereocenters. The van der Waals surface area contributed by atoms with Gasteiger partial charge in [0.05, 0.1) is 7.11 Å². The maximum absolute atomic E-state index is 6.22. The predicted molar refractivity (Wildman–Crippen MR) is 69.5 cm³/mol. The number of aryl methyl sites for hydroxylation is 2. The highest BCUT2D eigenvalue weighted by Gasteiger charge is 2.38. The van der Waals surface area contributed by atoms with Crippen molar-refractivity contribution in [2.45, 2.75) is 50.5 Å². The monoisotopic (exact) mass is 231 g/mol. The van der Waals surface area contributed by atoms with Gasteiger partial charge in [-0.3, -0.25) is 0 Å². The number of hydrogen-bond donors (Lipinski definition) is 1. The smallest absolute Gasteiger partial charge is 0.122 e. The Morgan fingerprint density at radius 1 is 1.18 bits per heavy atom. The Morgan fingerprint density at radius 3 is 2.41 bits per heavy atom. The van der Waals surface area contributed by atoms with E-state index in [1.807, 2.05) is 0 Å². The first-order valence-corrected chi connectivity index (χ1v) is 6.68. The topological polar surface area (TPSA) is 35.2 Å². The normalized spacial score (nSPS) is 20.8. The van der Waals surface area contributed by atoms with Gasteiger partial charge in [0, 0.05) is 5.54 Å². The van der Waals surface area contributed by atoms with Crippen molar-refractivity contribution in [2.75, 3.05) is 7.11 Å². The molecule has 0 heterocycles. The molecular formula is C15H21NO. The molecule has 2 aliphatic rings. The van der Waals surface area contributed by atoms with E-state index in [0.717, 1.165) is 25.0 Å². The molecule has 1 aromatic rings. The van der Waals surface area contributed by atoms with Gasteiger partial charge in [-0.05, 0) is 67.7 Å². The number of fused-ring (bicyclic) bond motifs is 1. The van der Waals surface area contributed by atoms with Crippen LogP contribution in [0.1, 0.15) is 42.4 Å². The summed E-state index contributed by atoms with van der Waals surface area (Å²) in [6.07, 6.45) is 8.37. The molecule has 2 heteroatoms. The molecule has 0 unspecified atom stereocenters. The molecule has 0 amide bonds. The van der Waals surface area contributed by atoms with Crippen LogP contribution in [-0.2, 0) is 19.3 Å². The van der Waals surface area contributed by atoms with Crippen LogP contribution in [0.25, 0.3) is 0 Å². The summed E-state index contributed by atoms with van der Waals surface area (Å²) in [4.78, 5) is 0. The van der Waals surface area contributed by atoms with Gasteiger partial charge in [0.2, 0.25) is 0 Å². The van der Waals surface area contributed by atoms with E-state index in [1.165, 1.54) is 42.4 Å². The molecule has 0 radical (unpaired) electrons. The first-order chi connectivity index (χ1) is 8.20. The number of methoxy groups -OCH3 is 1. The number of ether oxygens (including phenoxy) is 1. The largest absolute Gasteiger partial charge is 0.496 e. The van der Waals surface area contributed by atoms with E-state index in [4.69, 9.17) is 10.5 Å². The van der Waals surface area contributed by atoms with Crippen molar-refractivity contribution in [3.8, 4) is 5.75 Å². The van der Waals surface area contributed by atoms with Crippen LogP contribution >= 0.6 is 0 Å². The predicted octanol–water partition coefficient (Wildman–Crippen LogP) is 2.61. The van der Waals surface area contributed by atoms with Crippen molar-refractivity contribution in [2.24, 2.45) is 5.73 Å². The van der Waals surface area contributed by atoms with Gasteiger partial charge in [0.15, 0.2) is 0 Å². The summed E-state index contributed by atoms with van der Waals surface area (Å²) in [7, 11) is 1.77. The van der Waals surface area contributed by atoms with Gasteiger partial charge < -0.3 is 10.5 Å². The fraction of sp³-hybridized carbons (Fsp3) is 0.600. The van der Waals surface area contributed by atoms with E-state index >= 15 is 0 Å². The lowest BCUT2D eigenvalue weighted by Gasteiger charge is -2.20. The molecule has 2 aliphatic carbocycles. The lowest BCUT2D eigenvalue weighted by atomic mass is 9.88. The van der Waals surface area contributed by atoms with Crippen LogP contribution in [-0.4, -0.2) is 12.6 Å². The van der Waals surface area contributed by atoms with Crippen molar-refractivity contribution in [3.63, 3.8) is 0 Å². The third-order valence-corrected chi connectivity index (χ3v) is 4.18. The van der Waals surface area contributed by atoms with Gasteiger partial charge in [-0.25, -0.2) is 0 Å². The molecule has 17 heavy (non-hydrogen) atoms. The van der Waals surface area contributed by atoms with Crippen molar-refractivity contribution in [3.05, 3.63) is 28.8 Å². The zero-order valence-electron chi connectivity index (χ0n) is 10.6. The molecule has 3 rings (SSSR count). The average Bonchev–Trinajstić information content (AvgIpc) is 3.06. The molecule has 0 saturated heterocycles. The third-order valence-electron chi connectivity index (χ3n) is 4.18. The minimum absolute atomic E-state index is 0.0657. The van der Waals surface area contributed by atoms with Crippen molar-refractivity contribution in [1.82, 2.24) is 0 Å². The van der Waals surface area contributed by atoms with Crippen molar-refractivity contribution in [1.29, 1.82) is 0 Å². The van der Waals surface area contributed by atoms with Crippen LogP contribution in [0.3, 0.4) is 0 Å². The lowest BCUT2D eigenvalue weighted by molar-refractivity contribution is 0.406. The molecule has 92 valence electrons. The van der Waals surface area contributed by atoms with Gasteiger partial charge in [-0.15, -0.1) is 0 Å². The average molecular weight is 231 g/mol. The van der Waals surface area contributed by atoms with E-state index in [2.05, 4.69) is 12.1 Å². The Hall–Kier alpha value is -1.02. The maximum Gasteiger partial charge on any atom is 0.122 e. The Labute approximate surface area is 103 Å². The zero-order chi connectivity index (χ0) is 11.9. The van der Waals surface area contributed by atoms with E-state index in [0.29, 0.717) is 0 Å². The van der Waals surface area contributed by atoms with Crippen LogP contribution in [0.5, 0.6) is 5.75 Å². The second kappa shape index (κ2) is 4.02. The Bertz CT molecular complexity index is 435. The highest BCUT2D eigenvalue weighted by molar-refractivity contribution is 5.45. The summed E-state index contributed by atoms with van der Waals surface area (Å²) in [5.41, 5.74) is 10.6. The molecular weight excluding hydrogens is 210 g/mol. The van der Waals surface area contributed by atoms with Crippen molar-refractivity contribution < 1.29 is 4.74 Å². The van der Waals surface area contributed by atoms with Crippen LogP contribution in [0, 0.1) is 0 Å². The fourth-order valence-corrected chi connectivity index (χ4v) is 2.86. The summed E-state index contributed by atoms with van der Waals surface area (Å²) < 4.78 is 5.53. The standard InChI is InChI=1S/C15H21NO/c1-17-14-9-12-5-3-2-4-11(12)8-13(14)10-15(16)6-7-15/h8-9H,2-7,10,16H2,1H3. The van der Waals surface area contributed by atoms with Crippen LogP contribution in [0.4, 0.5) is 0 Å². The van der Waals surface area contributed by atoms with E-state index in [1.54, 1.807) is 7.11 Å². The number of rotatable bonds is 3. The lowest BCUT2D eigenvalue weighted by Crippen LogP contribution is -2.25. The highest BCUT2D eigenvalue weighted by atomic mass is 16.5. The van der Waals surface area contributed by atoms with Crippen LogP contribution in [0.15, 0.2) is 12.1 Å². The molecule has 2 nitrogen and oxygen atoms in total. The van der Waals surface area contributed by atoms with Crippen LogP contribution in [0.2, 0.25) is 0 Å². The molecule has 1 saturated carbocycles. The first kappa shape index (κ1) is 11.1. The molecule has 0 spiro atoms. The zero-order valence-corrected chi connectivity index (χ0v) is 10.6. The number of nitrogens with two attached hydrogens (primary N) is 1. The SMILES string of the molecule is COc1cc2c(cc1CC1(N)CC1)CCCC2. The number of hydrogen-bond acceptors (Lipinski definition) is 2. The van der Waals surface area contributed by atoms with E-state index in [-0.39, 0.29) is 5.54 Å². The van der Waals surface area contributed by atoms with E-state index < -0.39 is 0 Å². The summed E-state index contributed by atoms with van der Waals surface area (Å²) in [5, 5.41) is 0. The molecule has 0 aliphatic heterocycles. The highest BCUT2D eigenvalue weighted by Crippen LogP contribution is 2.39. The summed E-state index contributed by atoms with van der Waals surface area (Å²) in [6.45, 7) is 0. The first-order valence-electron chi connectivity index (χ1n) is 6.68. The molecule has 0 aromatic heterocycles. The quantitative estimate of drug-likeness (QED) is 0.868. The van der Waals surface area contributed by atoms with Gasteiger partial charge >= 0.3 is 0 Å². The molecule has 2 N–H and O–H groups in total. The molecule has 1 fully saturated rings. The summed E-state index contributed by atoms with van der Waals surface area (Å²) >= 11 is 0. The fourth-order valence-electron chi connectivity index (χ4n) is 2.86. The van der Waals surface area contributed by atoms with Gasteiger partial charge in [-0.1, -0.05) is 6.07 Å². The Balaban J connectivity index is 1.94. The second-order valence-corrected chi connectivity index (χ2v) is 5.68. The summed E-state index contributed by atoms with van der Waals surface area (Å²) in [6, 6.07) is 4.59. The Kier molecular flexibility index (Phi) is 2.62. The van der Waals surface area contributed by atoms with Gasteiger partial charge in [-0.2, -0.15) is 0 Å². The van der Waals surface area contributed by atoms with E-state index in [9.17, 15) is 0 Å². The minimum atomic E-state index is 0.0657. The number of benzene rings is 1. The van der Waals surface area contributed by atoms with Crippen LogP contribution < -0.4 is 10.5 Å². The molecule has 0 bridgehead atoms. The third kappa shape index (κ3) is 2.19. The van der Waals surface area contributed by atoms with Gasteiger partial charge in [0.1, 0.15) is 5.75 Å². The Morgan fingerprint density at radius 2 is 1.82 bits per heavy atom. The molecule has 1 aromatic carbocycles. The van der Waals surface area contributed by atoms with Crippen molar-refractivity contribution >= 4 is 0 Å². The second-order valence-electron chi connectivity index (χ2n) is 5.68. The summed E-state index contributed by atoms with van der Waals surface area (Å²) in [5.74, 6) is 1.04.